The Kier molecular flexibility index (Phi) is 5.61. The van der Waals surface area contributed by atoms with Crippen LogP contribution in [0.2, 0.25) is 0 Å². The summed E-state index contributed by atoms with van der Waals surface area (Å²) < 4.78 is 52.6. The Labute approximate surface area is 162 Å². The Bertz CT molecular complexity index is 737. The molecule has 2 aliphatic heterocycles. The maximum absolute atomic E-state index is 12.6. The van der Waals surface area contributed by atoms with Crippen LogP contribution >= 0.6 is 0 Å². The average molecular weight is 399 g/mol. The number of morpholine rings is 1. The normalized spacial score (nSPS) is 22.5. The quantitative estimate of drug-likeness (QED) is 0.755. The highest BCUT2D eigenvalue weighted by Gasteiger charge is 2.40. The Balaban J connectivity index is 1.73. The molecule has 1 aromatic rings. The van der Waals surface area contributed by atoms with Gasteiger partial charge in [0, 0.05) is 0 Å². The first kappa shape index (κ1) is 20.5. The van der Waals surface area contributed by atoms with E-state index in [-0.39, 0.29) is 23.9 Å². The highest BCUT2D eigenvalue weighted by molar-refractivity contribution is 5.75. The van der Waals surface area contributed by atoms with Crippen LogP contribution in [0.5, 0.6) is 5.75 Å². The lowest BCUT2D eigenvalue weighted by Crippen LogP contribution is -2.57. The first-order valence-corrected chi connectivity index (χ1v) is 9.11. The zero-order chi connectivity index (χ0) is 20.5. The summed E-state index contributed by atoms with van der Waals surface area (Å²) in [4.78, 5) is 14.3. The van der Waals surface area contributed by atoms with Crippen molar-refractivity contribution in [1.82, 2.24) is 4.90 Å². The molecule has 2 heterocycles. The molecule has 0 saturated carbocycles. The van der Waals surface area contributed by atoms with Crippen molar-refractivity contribution >= 4 is 11.7 Å². The van der Waals surface area contributed by atoms with Gasteiger partial charge in [-0.25, -0.2) is 4.79 Å². The Morgan fingerprint density at radius 1 is 1.18 bits per heavy atom. The third-order valence-corrected chi connectivity index (χ3v) is 4.43. The van der Waals surface area contributed by atoms with Gasteiger partial charge in [0.2, 0.25) is 0 Å². The van der Waals surface area contributed by atoms with Crippen LogP contribution in [0.3, 0.4) is 0 Å². The molecule has 2 unspecified atom stereocenters. The molecule has 1 aromatic carbocycles. The van der Waals surface area contributed by atoms with E-state index < -0.39 is 18.4 Å². The lowest BCUT2D eigenvalue weighted by Gasteiger charge is -2.44. The number of fused-ring (bicyclic) bond motifs is 2. The van der Waals surface area contributed by atoms with E-state index in [1.54, 1.807) is 17.0 Å². The minimum atomic E-state index is -4.37. The van der Waals surface area contributed by atoms with Crippen LogP contribution in [0.4, 0.5) is 18.0 Å². The fourth-order valence-electron chi connectivity index (χ4n) is 3.34. The Morgan fingerprint density at radius 3 is 2.43 bits per heavy atom. The molecule has 1 amide bonds. The van der Waals surface area contributed by atoms with Crippen LogP contribution in [0, 0.1) is 0 Å². The van der Waals surface area contributed by atoms with Crippen molar-refractivity contribution in [2.45, 2.75) is 51.1 Å². The highest BCUT2D eigenvalue weighted by Crippen LogP contribution is 2.34. The summed E-state index contributed by atoms with van der Waals surface area (Å²) in [6.07, 6.45) is -2.19. The number of hydrogen-bond acceptors (Lipinski definition) is 4. The van der Waals surface area contributed by atoms with Gasteiger partial charge in [-0.2, -0.15) is 13.2 Å². The molecule has 2 bridgehead atoms. The second-order valence-corrected chi connectivity index (χ2v) is 7.97. The van der Waals surface area contributed by atoms with Crippen LogP contribution in [0.1, 0.15) is 32.8 Å². The first-order chi connectivity index (χ1) is 13.0. The Morgan fingerprint density at radius 2 is 1.86 bits per heavy atom. The van der Waals surface area contributed by atoms with E-state index in [1.807, 2.05) is 26.8 Å². The summed E-state index contributed by atoms with van der Waals surface area (Å²) in [5, 5.41) is 0. The molecule has 0 spiro atoms. The second-order valence-electron chi connectivity index (χ2n) is 7.97. The average Bonchev–Trinajstić information content (AvgIpc) is 2.57. The van der Waals surface area contributed by atoms with E-state index in [0.717, 1.165) is 11.1 Å². The van der Waals surface area contributed by atoms with Crippen LogP contribution in [-0.2, 0) is 9.47 Å². The third-order valence-electron chi connectivity index (χ3n) is 4.43. The number of alkyl halides is 3. The lowest BCUT2D eigenvalue weighted by atomic mass is 9.90. The van der Waals surface area contributed by atoms with Gasteiger partial charge in [-0.15, -0.1) is 0 Å². The van der Waals surface area contributed by atoms with Gasteiger partial charge in [0.05, 0.1) is 25.3 Å². The van der Waals surface area contributed by atoms with Crippen LogP contribution < -0.4 is 4.74 Å². The van der Waals surface area contributed by atoms with Gasteiger partial charge < -0.3 is 14.2 Å². The van der Waals surface area contributed by atoms with Gasteiger partial charge in [0.1, 0.15) is 11.4 Å². The summed E-state index contributed by atoms with van der Waals surface area (Å²) >= 11 is 0. The second kappa shape index (κ2) is 7.66. The highest BCUT2D eigenvalue weighted by atomic mass is 19.4. The lowest BCUT2D eigenvalue weighted by molar-refractivity contribution is -0.153. The first-order valence-electron chi connectivity index (χ1n) is 9.11. The molecule has 2 aliphatic rings. The van der Waals surface area contributed by atoms with E-state index in [2.05, 4.69) is 0 Å². The monoisotopic (exact) mass is 399 g/mol. The molecule has 0 radical (unpaired) electrons. The SMILES string of the molecule is CC(C)(C)OC(=O)N1C2C=C(c3ccc(OCC(F)(F)F)cc3)CC1COC2. The topological polar surface area (TPSA) is 48.0 Å². The van der Waals surface area contributed by atoms with Gasteiger partial charge in [-0.1, -0.05) is 18.2 Å². The van der Waals surface area contributed by atoms with Crippen LogP contribution in [-0.4, -0.2) is 54.7 Å². The fraction of sp³-hybridized carbons (Fsp3) is 0.550. The number of rotatable bonds is 3. The van der Waals surface area contributed by atoms with Crippen molar-refractivity contribution in [3.05, 3.63) is 35.9 Å². The van der Waals surface area contributed by atoms with E-state index in [9.17, 15) is 18.0 Å². The van der Waals surface area contributed by atoms with Gasteiger partial charge in [0.15, 0.2) is 6.61 Å². The van der Waals surface area contributed by atoms with Gasteiger partial charge in [0.25, 0.3) is 0 Å². The molecule has 28 heavy (non-hydrogen) atoms. The molecule has 0 aromatic heterocycles. The molecule has 1 saturated heterocycles. The largest absolute Gasteiger partial charge is 0.484 e. The summed E-state index contributed by atoms with van der Waals surface area (Å²) in [6, 6.07) is 6.13. The number of hydrogen-bond donors (Lipinski definition) is 0. The number of halogens is 3. The molecule has 154 valence electrons. The maximum atomic E-state index is 12.6. The maximum Gasteiger partial charge on any atom is 0.422 e. The molecule has 1 fully saturated rings. The van der Waals surface area contributed by atoms with Crippen molar-refractivity contribution < 1.29 is 32.2 Å². The van der Waals surface area contributed by atoms with Crippen LogP contribution in [0.25, 0.3) is 5.57 Å². The molecule has 5 nitrogen and oxygen atoms in total. The van der Waals surface area contributed by atoms with Gasteiger partial charge >= 0.3 is 12.3 Å². The van der Waals surface area contributed by atoms with E-state index in [0.29, 0.717) is 19.6 Å². The summed E-state index contributed by atoms with van der Waals surface area (Å²) in [5.41, 5.74) is 1.34. The van der Waals surface area contributed by atoms with Crippen molar-refractivity contribution in [1.29, 1.82) is 0 Å². The minimum absolute atomic E-state index is 0.144. The van der Waals surface area contributed by atoms with Crippen molar-refractivity contribution in [3.8, 4) is 5.75 Å². The molecule has 3 rings (SSSR count). The number of amides is 1. The van der Waals surface area contributed by atoms with Crippen molar-refractivity contribution in [3.63, 3.8) is 0 Å². The molecular weight excluding hydrogens is 375 g/mol. The number of benzene rings is 1. The van der Waals surface area contributed by atoms with E-state index in [4.69, 9.17) is 14.2 Å². The molecule has 8 heteroatoms. The predicted molar refractivity (Wildman–Crippen MR) is 97.1 cm³/mol. The fourth-order valence-corrected chi connectivity index (χ4v) is 3.34. The van der Waals surface area contributed by atoms with Gasteiger partial charge in [-0.3, -0.25) is 4.90 Å². The van der Waals surface area contributed by atoms with E-state index >= 15 is 0 Å². The molecule has 2 atom stereocenters. The number of carbonyl (C=O) groups excluding carboxylic acids is 1. The predicted octanol–water partition coefficient (Wildman–Crippen LogP) is 4.42. The number of nitrogens with zero attached hydrogens (tertiary/aromatic N) is 1. The van der Waals surface area contributed by atoms with E-state index in [1.165, 1.54) is 12.1 Å². The smallest absolute Gasteiger partial charge is 0.422 e. The van der Waals surface area contributed by atoms with Crippen LogP contribution in [0.15, 0.2) is 30.3 Å². The summed E-state index contributed by atoms with van der Waals surface area (Å²) in [5.74, 6) is 0.163. The molecular formula is C20H24F3NO4. The molecule has 0 N–H and O–H groups in total. The van der Waals surface area contributed by atoms with Gasteiger partial charge in [-0.05, 0) is 50.5 Å². The number of carbonyl (C=O) groups is 1. The minimum Gasteiger partial charge on any atom is -0.484 e. The third kappa shape index (κ3) is 5.19. The zero-order valence-electron chi connectivity index (χ0n) is 16.1. The number of ether oxygens (including phenoxy) is 3. The summed E-state index contributed by atoms with van der Waals surface area (Å²) in [6.45, 7) is 4.95. The molecule has 0 aliphatic carbocycles. The zero-order valence-corrected chi connectivity index (χ0v) is 16.1. The Hall–Kier alpha value is -2.22. The van der Waals surface area contributed by atoms with Crippen molar-refractivity contribution in [2.75, 3.05) is 19.8 Å². The summed E-state index contributed by atoms with van der Waals surface area (Å²) in [7, 11) is 0. The van der Waals surface area contributed by atoms with Crippen molar-refractivity contribution in [2.24, 2.45) is 0 Å². The standard InChI is InChI=1S/C20H24F3NO4/c1-19(2,3)28-18(25)24-15-8-14(9-16(24)11-26-10-15)13-4-6-17(7-5-13)27-12-20(21,22)23/h4-8,15-16H,9-12H2,1-3H3.